The lowest BCUT2D eigenvalue weighted by Gasteiger charge is -2.08. The maximum absolute atomic E-state index is 9.20. The SMILES string of the molecule is N#Cc1nc(NCc2ccc(Cl)cc2)c2ncn(CCCCO)c2n1. The molecule has 128 valence electrons. The molecule has 0 bridgehead atoms. The van der Waals surface area contributed by atoms with Crippen molar-refractivity contribution in [2.24, 2.45) is 0 Å². The molecule has 8 heteroatoms. The van der Waals surface area contributed by atoms with Crippen LogP contribution < -0.4 is 5.32 Å². The molecular weight excluding hydrogens is 340 g/mol. The van der Waals surface area contributed by atoms with Gasteiger partial charge < -0.3 is 15.0 Å². The first-order valence-corrected chi connectivity index (χ1v) is 8.31. The van der Waals surface area contributed by atoms with E-state index < -0.39 is 0 Å². The molecule has 25 heavy (non-hydrogen) atoms. The molecule has 0 radical (unpaired) electrons. The number of halogens is 1. The van der Waals surface area contributed by atoms with Crippen LogP contribution in [0.4, 0.5) is 5.82 Å². The lowest BCUT2D eigenvalue weighted by atomic mass is 10.2. The van der Waals surface area contributed by atoms with Crippen molar-refractivity contribution in [3.8, 4) is 6.07 Å². The summed E-state index contributed by atoms with van der Waals surface area (Å²) in [5.74, 6) is 0.618. The number of aliphatic hydroxyl groups is 1. The lowest BCUT2D eigenvalue weighted by molar-refractivity contribution is 0.281. The maximum Gasteiger partial charge on any atom is 0.236 e. The molecule has 0 aliphatic heterocycles. The molecule has 0 saturated heterocycles. The quantitative estimate of drug-likeness (QED) is 0.631. The lowest BCUT2D eigenvalue weighted by Crippen LogP contribution is -2.06. The Labute approximate surface area is 149 Å². The van der Waals surface area contributed by atoms with Gasteiger partial charge in [0.15, 0.2) is 17.0 Å². The smallest absolute Gasteiger partial charge is 0.236 e. The van der Waals surface area contributed by atoms with Crippen molar-refractivity contribution in [3.63, 3.8) is 0 Å². The Bertz CT molecular complexity index is 900. The summed E-state index contributed by atoms with van der Waals surface area (Å²) in [6, 6.07) is 9.48. The van der Waals surface area contributed by atoms with Crippen LogP contribution in [0.2, 0.25) is 5.02 Å². The van der Waals surface area contributed by atoms with Crippen LogP contribution >= 0.6 is 11.6 Å². The highest BCUT2D eigenvalue weighted by atomic mass is 35.5. The fourth-order valence-electron chi connectivity index (χ4n) is 2.46. The Kier molecular flexibility index (Phi) is 5.43. The van der Waals surface area contributed by atoms with Crippen LogP contribution in [0.25, 0.3) is 11.2 Å². The fraction of sp³-hybridized carbons (Fsp3) is 0.294. The molecule has 7 nitrogen and oxygen atoms in total. The van der Waals surface area contributed by atoms with Gasteiger partial charge >= 0.3 is 0 Å². The van der Waals surface area contributed by atoms with Crippen molar-refractivity contribution >= 4 is 28.6 Å². The standard InChI is InChI=1S/C17H17ClN6O/c18-13-5-3-12(4-6-13)10-20-16-15-17(23-14(9-19)22-16)24(11-21-15)7-1-2-8-25/h3-6,11,25H,1-2,7-8,10H2,(H,20,22,23). The third-order valence-corrected chi connectivity index (χ3v) is 4.00. The van der Waals surface area contributed by atoms with E-state index in [1.807, 2.05) is 34.9 Å². The molecule has 0 amide bonds. The maximum atomic E-state index is 9.20. The molecule has 0 unspecified atom stereocenters. The number of imidazole rings is 1. The zero-order valence-electron chi connectivity index (χ0n) is 13.5. The van der Waals surface area contributed by atoms with Crippen LogP contribution in [0.15, 0.2) is 30.6 Å². The molecule has 0 aliphatic carbocycles. The predicted molar refractivity (Wildman–Crippen MR) is 95.1 cm³/mol. The number of aromatic nitrogens is 4. The first-order valence-electron chi connectivity index (χ1n) is 7.93. The monoisotopic (exact) mass is 356 g/mol. The second-order valence-electron chi connectivity index (χ2n) is 5.53. The van der Waals surface area contributed by atoms with E-state index in [2.05, 4.69) is 20.3 Å². The first-order chi connectivity index (χ1) is 12.2. The van der Waals surface area contributed by atoms with Crippen LogP contribution in [-0.2, 0) is 13.1 Å². The minimum absolute atomic E-state index is 0.0926. The largest absolute Gasteiger partial charge is 0.396 e. The number of anilines is 1. The van der Waals surface area contributed by atoms with Gasteiger partial charge in [-0.05, 0) is 30.5 Å². The summed E-state index contributed by atoms with van der Waals surface area (Å²) in [5.41, 5.74) is 2.28. The van der Waals surface area contributed by atoms with Gasteiger partial charge in [0, 0.05) is 24.7 Å². The molecule has 0 aliphatic rings. The number of aryl methyl sites for hydroxylation is 1. The van der Waals surface area contributed by atoms with Gasteiger partial charge in [0.05, 0.1) is 6.33 Å². The molecule has 0 spiro atoms. The van der Waals surface area contributed by atoms with Crippen LogP contribution in [0.5, 0.6) is 0 Å². The summed E-state index contributed by atoms with van der Waals surface area (Å²) in [5, 5.41) is 22.0. The minimum Gasteiger partial charge on any atom is -0.396 e. The number of rotatable bonds is 7. The minimum atomic E-state index is 0.0926. The molecule has 2 N–H and O–H groups in total. The zero-order valence-corrected chi connectivity index (χ0v) is 14.2. The number of hydrogen-bond acceptors (Lipinski definition) is 6. The average molecular weight is 357 g/mol. The van der Waals surface area contributed by atoms with Gasteiger partial charge in [0.25, 0.3) is 0 Å². The molecule has 2 heterocycles. The Balaban J connectivity index is 1.86. The molecule has 3 aromatic rings. The van der Waals surface area contributed by atoms with E-state index in [9.17, 15) is 5.26 Å². The van der Waals surface area contributed by atoms with Gasteiger partial charge in [-0.15, -0.1) is 0 Å². The zero-order chi connectivity index (χ0) is 17.6. The topological polar surface area (TPSA) is 99.7 Å². The predicted octanol–water partition coefficient (Wildman–Crippen LogP) is 2.74. The molecule has 1 aromatic carbocycles. The molecule has 3 rings (SSSR count). The van der Waals surface area contributed by atoms with Crippen molar-refractivity contribution in [1.29, 1.82) is 5.26 Å². The number of fused-ring (bicyclic) bond motifs is 1. The Morgan fingerprint density at radius 3 is 2.72 bits per heavy atom. The number of hydrogen-bond donors (Lipinski definition) is 2. The normalized spacial score (nSPS) is 10.8. The highest BCUT2D eigenvalue weighted by molar-refractivity contribution is 6.30. The van der Waals surface area contributed by atoms with E-state index in [-0.39, 0.29) is 12.4 Å². The van der Waals surface area contributed by atoms with Gasteiger partial charge in [0.1, 0.15) is 6.07 Å². The molecular formula is C17H17ClN6O. The van der Waals surface area contributed by atoms with Crippen LogP contribution in [0.3, 0.4) is 0 Å². The second kappa shape index (κ2) is 7.92. The van der Waals surface area contributed by atoms with E-state index in [4.69, 9.17) is 16.7 Å². The third kappa shape index (κ3) is 4.05. The van der Waals surface area contributed by atoms with E-state index in [1.54, 1.807) is 6.33 Å². The molecule has 0 fully saturated rings. The highest BCUT2D eigenvalue weighted by Gasteiger charge is 2.13. The van der Waals surface area contributed by atoms with Crippen LogP contribution in [0, 0.1) is 11.3 Å². The number of nitrogens with one attached hydrogen (secondary N) is 1. The van der Waals surface area contributed by atoms with Crippen molar-refractivity contribution in [2.75, 3.05) is 11.9 Å². The van der Waals surface area contributed by atoms with Gasteiger partial charge in [-0.2, -0.15) is 15.2 Å². The number of unbranched alkanes of at least 4 members (excludes halogenated alkanes) is 1. The molecule has 0 saturated carbocycles. The van der Waals surface area contributed by atoms with Crippen molar-refractivity contribution in [2.45, 2.75) is 25.9 Å². The summed E-state index contributed by atoms with van der Waals surface area (Å²) >= 11 is 5.90. The van der Waals surface area contributed by atoms with E-state index in [1.165, 1.54) is 0 Å². The summed E-state index contributed by atoms with van der Waals surface area (Å²) in [4.78, 5) is 12.9. The summed E-state index contributed by atoms with van der Waals surface area (Å²) in [6.45, 7) is 1.36. The number of nitriles is 1. The highest BCUT2D eigenvalue weighted by Crippen LogP contribution is 2.20. The van der Waals surface area contributed by atoms with Gasteiger partial charge in [-0.25, -0.2) is 4.98 Å². The second-order valence-corrected chi connectivity index (χ2v) is 5.96. The summed E-state index contributed by atoms with van der Waals surface area (Å²) in [6.07, 6.45) is 3.20. The molecule has 0 atom stereocenters. The van der Waals surface area contributed by atoms with E-state index >= 15 is 0 Å². The van der Waals surface area contributed by atoms with Crippen LogP contribution in [0.1, 0.15) is 24.2 Å². The number of nitrogens with zero attached hydrogens (tertiary/aromatic N) is 5. The van der Waals surface area contributed by atoms with Crippen molar-refractivity contribution < 1.29 is 5.11 Å². The van der Waals surface area contributed by atoms with Gasteiger partial charge in [-0.3, -0.25) is 0 Å². The van der Waals surface area contributed by atoms with E-state index in [0.717, 1.165) is 12.0 Å². The number of benzene rings is 1. The Hall–Kier alpha value is -2.69. The average Bonchev–Trinajstić information content (AvgIpc) is 3.04. The van der Waals surface area contributed by atoms with Gasteiger partial charge in [-0.1, -0.05) is 23.7 Å². The summed E-state index contributed by atoms with van der Waals surface area (Å²) in [7, 11) is 0. The van der Waals surface area contributed by atoms with Crippen LogP contribution in [-0.4, -0.2) is 31.2 Å². The first kappa shape index (κ1) is 17.1. The third-order valence-electron chi connectivity index (χ3n) is 3.74. The Morgan fingerprint density at radius 2 is 2.00 bits per heavy atom. The molecule has 2 aromatic heterocycles. The van der Waals surface area contributed by atoms with Crippen molar-refractivity contribution in [1.82, 2.24) is 19.5 Å². The summed E-state index contributed by atoms with van der Waals surface area (Å²) < 4.78 is 1.88. The number of aliphatic hydroxyl groups excluding tert-OH is 1. The Morgan fingerprint density at radius 1 is 1.20 bits per heavy atom. The van der Waals surface area contributed by atoms with E-state index in [0.29, 0.717) is 41.5 Å². The fourth-order valence-corrected chi connectivity index (χ4v) is 2.59. The van der Waals surface area contributed by atoms with Gasteiger partial charge in [0.2, 0.25) is 5.82 Å². The van der Waals surface area contributed by atoms with Crippen molar-refractivity contribution in [3.05, 3.63) is 47.0 Å².